The maximum atomic E-state index is 10.7. The van der Waals surface area contributed by atoms with Crippen LogP contribution in [-0.2, 0) is 14.3 Å². The largest absolute Gasteiger partial charge is 0.480 e. The number of methoxy groups -OCH3 is 1. The highest BCUT2D eigenvalue weighted by atomic mass is 16.5. The van der Waals surface area contributed by atoms with Crippen LogP contribution in [0, 0.1) is 5.92 Å². The molecule has 5 nitrogen and oxygen atoms in total. The number of carbonyl (C=O) groups is 1. The molecule has 0 radical (unpaired) electrons. The minimum absolute atomic E-state index is 0.197. The van der Waals surface area contributed by atoms with Crippen molar-refractivity contribution in [3.05, 3.63) is 0 Å². The third kappa shape index (κ3) is 3.61. The molecule has 1 aliphatic rings. The lowest BCUT2D eigenvalue weighted by Crippen LogP contribution is -2.42. The standard InChI is InChI=1S/C9H17NO4/c1-13-6-8(9(11)12)10-4-7-2-3-14-5-7/h7-8,10H,2-6H2,1H3,(H,11,12). The zero-order valence-electron chi connectivity index (χ0n) is 8.36. The van der Waals surface area contributed by atoms with E-state index in [4.69, 9.17) is 14.6 Å². The molecule has 1 heterocycles. The zero-order chi connectivity index (χ0) is 10.4. The van der Waals surface area contributed by atoms with E-state index in [-0.39, 0.29) is 6.61 Å². The number of carboxylic acid groups (broad SMARTS) is 1. The average molecular weight is 203 g/mol. The number of nitrogens with one attached hydrogen (secondary N) is 1. The Hall–Kier alpha value is -0.650. The predicted molar refractivity (Wildman–Crippen MR) is 50.2 cm³/mol. The monoisotopic (exact) mass is 203 g/mol. The summed E-state index contributed by atoms with van der Waals surface area (Å²) in [5, 5.41) is 11.8. The van der Waals surface area contributed by atoms with Gasteiger partial charge in [-0.25, -0.2) is 0 Å². The second-order valence-corrected chi connectivity index (χ2v) is 3.48. The summed E-state index contributed by atoms with van der Waals surface area (Å²) in [5.74, 6) is -0.431. The predicted octanol–water partition coefficient (Wildman–Crippen LogP) is -0.288. The van der Waals surface area contributed by atoms with Crippen molar-refractivity contribution < 1.29 is 19.4 Å². The van der Waals surface area contributed by atoms with Gasteiger partial charge in [-0.05, 0) is 12.3 Å². The van der Waals surface area contributed by atoms with Crippen molar-refractivity contribution in [2.75, 3.05) is 33.5 Å². The molecule has 0 amide bonds. The van der Waals surface area contributed by atoms with Gasteiger partial charge in [-0.3, -0.25) is 4.79 Å². The lowest BCUT2D eigenvalue weighted by Gasteiger charge is -2.15. The Kier molecular flexibility index (Phi) is 4.86. The van der Waals surface area contributed by atoms with Gasteiger partial charge in [0.25, 0.3) is 0 Å². The minimum atomic E-state index is -0.870. The molecule has 0 bridgehead atoms. The first-order valence-electron chi connectivity index (χ1n) is 4.77. The summed E-state index contributed by atoms with van der Waals surface area (Å²) in [7, 11) is 1.50. The summed E-state index contributed by atoms with van der Waals surface area (Å²) < 4.78 is 10.00. The fourth-order valence-corrected chi connectivity index (χ4v) is 1.44. The van der Waals surface area contributed by atoms with Crippen LogP contribution >= 0.6 is 0 Å². The van der Waals surface area contributed by atoms with Crippen molar-refractivity contribution >= 4 is 5.97 Å². The molecule has 2 unspecified atom stereocenters. The van der Waals surface area contributed by atoms with Crippen LogP contribution in [0.2, 0.25) is 0 Å². The molecule has 14 heavy (non-hydrogen) atoms. The highest BCUT2D eigenvalue weighted by Crippen LogP contribution is 2.10. The Morgan fingerprint density at radius 2 is 2.57 bits per heavy atom. The molecule has 1 saturated heterocycles. The van der Waals surface area contributed by atoms with Gasteiger partial charge in [-0.15, -0.1) is 0 Å². The molecular formula is C9H17NO4. The fourth-order valence-electron chi connectivity index (χ4n) is 1.44. The number of hydrogen-bond acceptors (Lipinski definition) is 4. The Labute approximate surface area is 83.4 Å². The van der Waals surface area contributed by atoms with E-state index in [1.165, 1.54) is 7.11 Å². The molecule has 1 fully saturated rings. The number of carboxylic acids is 1. The van der Waals surface area contributed by atoms with Crippen LogP contribution < -0.4 is 5.32 Å². The molecule has 1 rings (SSSR count). The van der Waals surface area contributed by atoms with Gasteiger partial charge in [0.15, 0.2) is 0 Å². The van der Waals surface area contributed by atoms with Crippen molar-refractivity contribution in [1.29, 1.82) is 0 Å². The van der Waals surface area contributed by atoms with Gasteiger partial charge in [0.05, 0.1) is 13.2 Å². The number of hydrogen-bond donors (Lipinski definition) is 2. The van der Waals surface area contributed by atoms with Crippen LogP contribution in [0.5, 0.6) is 0 Å². The second-order valence-electron chi connectivity index (χ2n) is 3.48. The number of ether oxygens (including phenoxy) is 2. The highest BCUT2D eigenvalue weighted by Gasteiger charge is 2.20. The molecular weight excluding hydrogens is 186 g/mol. The Bertz CT molecular complexity index is 180. The van der Waals surface area contributed by atoms with Gasteiger partial charge in [-0.1, -0.05) is 0 Å². The number of rotatable bonds is 6. The van der Waals surface area contributed by atoms with Crippen LogP contribution in [0.15, 0.2) is 0 Å². The molecule has 0 saturated carbocycles. The summed E-state index contributed by atoms with van der Waals surface area (Å²) in [5.41, 5.74) is 0. The van der Waals surface area contributed by atoms with Gasteiger partial charge in [0.2, 0.25) is 0 Å². The lowest BCUT2D eigenvalue weighted by atomic mass is 10.1. The summed E-state index contributed by atoms with van der Waals surface area (Å²) in [4.78, 5) is 10.7. The van der Waals surface area contributed by atoms with Crippen LogP contribution in [0.1, 0.15) is 6.42 Å². The average Bonchev–Trinajstić information content (AvgIpc) is 2.64. The summed E-state index contributed by atoms with van der Waals surface area (Å²) in [6.45, 7) is 2.39. The van der Waals surface area contributed by atoms with E-state index in [1.54, 1.807) is 0 Å². The Morgan fingerprint density at radius 3 is 3.07 bits per heavy atom. The maximum absolute atomic E-state index is 10.7. The van der Waals surface area contributed by atoms with E-state index < -0.39 is 12.0 Å². The van der Waals surface area contributed by atoms with Crippen LogP contribution in [-0.4, -0.2) is 50.6 Å². The van der Waals surface area contributed by atoms with E-state index >= 15 is 0 Å². The summed E-state index contributed by atoms with van der Waals surface area (Å²) >= 11 is 0. The summed E-state index contributed by atoms with van der Waals surface area (Å²) in [6, 6.07) is -0.611. The normalized spacial score (nSPS) is 23.6. The van der Waals surface area contributed by atoms with E-state index in [1.807, 2.05) is 0 Å². The van der Waals surface area contributed by atoms with Crippen LogP contribution in [0.4, 0.5) is 0 Å². The zero-order valence-corrected chi connectivity index (χ0v) is 8.36. The maximum Gasteiger partial charge on any atom is 0.323 e. The summed E-state index contributed by atoms with van der Waals surface area (Å²) in [6.07, 6.45) is 1.01. The first kappa shape index (κ1) is 11.4. The van der Waals surface area contributed by atoms with Crippen molar-refractivity contribution in [3.63, 3.8) is 0 Å². The second kappa shape index (κ2) is 5.95. The third-order valence-corrected chi connectivity index (χ3v) is 2.31. The molecule has 1 aliphatic heterocycles. The van der Waals surface area contributed by atoms with Crippen molar-refractivity contribution in [3.8, 4) is 0 Å². The van der Waals surface area contributed by atoms with Crippen LogP contribution in [0.3, 0.4) is 0 Å². The quantitative estimate of drug-likeness (QED) is 0.621. The van der Waals surface area contributed by atoms with Crippen molar-refractivity contribution in [1.82, 2.24) is 5.32 Å². The first-order chi connectivity index (χ1) is 6.74. The molecule has 0 aromatic rings. The molecule has 2 N–H and O–H groups in total. The molecule has 0 spiro atoms. The van der Waals surface area contributed by atoms with Gasteiger partial charge in [0.1, 0.15) is 6.04 Å². The van der Waals surface area contributed by atoms with Gasteiger partial charge in [-0.2, -0.15) is 0 Å². The fraction of sp³-hybridized carbons (Fsp3) is 0.889. The van der Waals surface area contributed by atoms with Crippen molar-refractivity contribution in [2.24, 2.45) is 5.92 Å². The SMILES string of the molecule is COCC(NCC1CCOC1)C(=O)O. The van der Waals surface area contributed by atoms with Gasteiger partial charge >= 0.3 is 5.97 Å². The van der Waals surface area contributed by atoms with Crippen molar-refractivity contribution in [2.45, 2.75) is 12.5 Å². The molecule has 82 valence electrons. The highest BCUT2D eigenvalue weighted by molar-refractivity contribution is 5.73. The van der Waals surface area contributed by atoms with Gasteiger partial charge in [0, 0.05) is 20.3 Å². The number of aliphatic carboxylic acids is 1. The lowest BCUT2D eigenvalue weighted by molar-refractivity contribution is -0.140. The van der Waals surface area contributed by atoms with E-state index in [0.29, 0.717) is 12.5 Å². The van der Waals surface area contributed by atoms with Crippen LogP contribution in [0.25, 0.3) is 0 Å². The smallest absolute Gasteiger partial charge is 0.323 e. The van der Waals surface area contributed by atoms with Gasteiger partial charge < -0.3 is 19.9 Å². The Balaban J connectivity index is 2.21. The van der Waals surface area contributed by atoms with E-state index in [9.17, 15) is 4.79 Å². The first-order valence-corrected chi connectivity index (χ1v) is 4.77. The molecule has 0 aliphatic carbocycles. The Morgan fingerprint density at radius 1 is 1.79 bits per heavy atom. The molecule has 0 aromatic carbocycles. The molecule has 5 heteroatoms. The van der Waals surface area contributed by atoms with E-state index in [0.717, 1.165) is 19.6 Å². The minimum Gasteiger partial charge on any atom is -0.480 e. The molecule has 0 aromatic heterocycles. The molecule has 2 atom stereocenters. The van der Waals surface area contributed by atoms with E-state index in [2.05, 4.69) is 5.32 Å². The third-order valence-electron chi connectivity index (χ3n) is 2.31. The topological polar surface area (TPSA) is 67.8 Å².